The highest BCUT2D eigenvalue weighted by molar-refractivity contribution is 6.30. The number of benzene rings is 2. The Labute approximate surface area is 127 Å². The van der Waals surface area contributed by atoms with Gasteiger partial charge in [0.2, 0.25) is 5.88 Å². The Morgan fingerprint density at radius 2 is 1.76 bits per heavy atom. The van der Waals surface area contributed by atoms with Gasteiger partial charge in [0.25, 0.3) is 0 Å². The molecule has 3 rings (SSSR count). The van der Waals surface area contributed by atoms with E-state index < -0.39 is 0 Å². The summed E-state index contributed by atoms with van der Waals surface area (Å²) in [6.45, 7) is 0. The van der Waals surface area contributed by atoms with E-state index in [0.717, 1.165) is 16.5 Å². The van der Waals surface area contributed by atoms with E-state index in [1.807, 2.05) is 30.3 Å². The van der Waals surface area contributed by atoms with Crippen molar-refractivity contribution in [3.63, 3.8) is 0 Å². The maximum Gasteiger partial charge on any atom is 0.316 e. The first-order valence-corrected chi connectivity index (χ1v) is 6.89. The second-order valence-corrected chi connectivity index (χ2v) is 5.06. The Bertz CT molecular complexity index is 784. The van der Waals surface area contributed by atoms with Gasteiger partial charge in [-0.1, -0.05) is 41.9 Å². The SMILES string of the molecule is O=C(Cc1ccc(Cl)cc1)Oc1ccc2ccccc2n1. The van der Waals surface area contributed by atoms with E-state index in [2.05, 4.69) is 4.98 Å². The van der Waals surface area contributed by atoms with Gasteiger partial charge in [0, 0.05) is 16.5 Å². The van der Waals surface area contributed by atoms with Crippen LogP contribution in [0.3, 0.4) is 0 Å². The van der Waals surface area contributed by atoms with Crippen molar-refractivity contribution in [2.45, 2.75) is 6.42 Å². The second kappa shape index (κ2) is 5.94. The highest BCUT2D eigenvalue weighted by Crippen LogP contribution is 2.17. The molecule has 0 unspecified atom stereocenters. The van der Waals surface area contributed by atoms with Crippen molar-refractivity contribution >= 4 is 28.5 Å². The average molecular weight is 298 g/mol. The van der Waals surface area contributed by atoms with Crippen LogP contribution in [-0.4, -0.2) is 11.0 Å². The maximum atomic E-state index is 11.9. The normalized spacial score (nSPS) is 10.5. The van der Waals surface area contributed by atoms with Crippen molar-refractivity contribution in [3.8, 4) is 5.88 Å². The van der Waals surface area contributed by atoms with Crippen LogP contribution in [0.4, 0.5) is 0 Å². The number of para-hydroxylation sites is 1. The van der Waals surface area contributed by atoms with Gasteiger partial charge in [-0.3, -0.25) is 4.79 Å². The van der Waals surface area contributed by atoms with Crippen molar-refractivity contribution in [2.75, 3.05) is 0 Å². The molecule has 0 aliphatic rings. The molecule has 0 spiro atoms. The lowest BCUT2D eigenvalue weighted by atomic mass is 10.1. The molecule has 21 heavy (non-hydrogen) atoms. The lowest BCUT2D eigenvalue weighted by Gasteiger charge is -2.05. The summed E-state index contributed by atoms with van der Waals surface area (Å²) < 4.78 is 5.27. The van der Waals surface area contributed by atoms with E-state index >= 15 is 0 Å². The van der Waals surface area contributed by atoms with E-state index in [4.69, 9.17) is 16.3 Å². The Morgan fingerprint density at radius 1 is 1.00 bits per heavy atom. The third kappa shape index (κ3) is 3.38. The summed E-state index contributed by atoms with van der Waals surface area (Å²) in [5.74, 6) is -0.0345. The predicted molar refractivity (Wildman–Crippen MR) is 82.5 cm³/mol. The largest absolute Gasteiger partial charge is 0.407 e. The summed E-state index contributed by atoms with van der Waals surface area (Å²) in [6.07, 6.45) is 0.186. The summed E-state index contributed by atoms with van der Waals surface area (Å²) in [7, 11) is 0. The lowest BCUT2D eigenvalue weighted by Crippen LogP contribution is -2.12. The number of hydrogen-bond donors (Lipinski definition) is 0. The summed E-state index contributed by atoms with van der Waals surface area (Å²) in [4.78, 5) is 16.2. The highest BCUT2D eigenvalue weighted by Gasteiger charge is 2.08. The van der Waals surface area contributed by atoms with E-state index in [9.17, 15) is 4.79 Å². The molecule has 3 aromatic rings. The van der Waals surface area contributed by atoms with Gasteiger partial charge < -0.3 is 4.74 Å². The fraction of sp³-hybridized carbons (Fsp3) is 0.0588. The summed E-state index contributed by atoms with van der Waals surface area (Å²) in [5.41, 5.74) is 1.65. The zero-order valence-electron chi connectivity index (χ0n) is 11.1. The third-order valence-corrected chi connectivity index (χ3v) is 3.30. The van der Waals surface area contributed by atoms with Gasteiger partial charge in [0.1, 0.15) is 0 Å². The topological polar surface area (TPSA) is 39.2 Å². The molecule has 0 bridgehead atoms. The molecule has 1 aromatic heterocycles. The van der Waals surface area contributed by atoms with Gasteiger partial charge in [0.15, 0.2) is 0 Å². The quantitative estimate of drug-likeness (QED) is 0.685. The molecule has 0 fully saturated rings. The van der Waals surface area contributed by atoms with Crippen molar-refractivity contribution in [1.82, 2.24) is 4.98 Å². The summed E-state index contributed by atoms with van der Waals surface area (Å²) in [5, 5.41) is 1.65. The fourth-order valence-corrected chi connectivity index (χ4v) is 2.15. The predicted octanol–water partition coefficient (Wildman–Crippen LogP) is 4.04. The fourth-order valence-electron chi connectivity index (χ4n) is 2.03. The van der Waals surface area contributed by atoms with E-state index in [-0.39, 0.29) is 12.4 Å². The molecule has 0 aliphatic heterocycles. The highest BCUT2D eigenvalue weighted by atomic mass is 35.5. The molecule has 0 aliphatic carbocycles. The van der Waals surface area contributed by atoms with Crippen LogP contribution in [0.5, 0.6) is 5.88 Å². The Kier molecular flexibility index (Phi) is 3.84. The third-order valence-electron chi connectivity index (χ3n) is 3.05. The number of carbonyl (C=O) groups excluding carboxylic acids is 1. The van der Waals surface area contributed by atoms with Gasteiger partial charge in [-0.2, -0.15) is 0 Å². The standard InChI is InChI=1S/C17H12ClNO2/c18-14-8-5-12(6-9-14)11-17(20)21-16-10-7-13-3-1-2-4-15(13)19-16/h1-10H,11H2. The number of rotatable bonds is 3. The Balaban J connectivity index is 1.72. The Hall–Kier alpha value is -2.39. The van der Waals surface area contributed by atoms with E-state index in [1.54, 1.807) is 30.3 Å². The van der Waals surface area contributed by atoms with E-state index in [0.29, 0.717) is 10.9 Å². The molecular formula is C17H12ClNO2. The molecule has 0 saturated heterocycles. The van der Waals surface area contributed by atoms with Gasteiger partial charge in [-0.15, -0.1) is 0 Å². The molecule has 3 nitrogen and oxygen atoms in total. The van der Waals surface area contributed by atoms with Crippen LogP contribution in [0, 0.1) is 0 Å². The number of halogens is 1. The molecule has 0 N–H and O–H groups in total. The number of nitrogens with zero attached hydrogens (tertiary/aromatic N) is 1. The van der Waals surface area contributed by atoms with Crippen molar-refractivity contribution in [2.24, 2.45) is 0 Å². The van der Waals surface area contributed by atoms with Crippen molar-refractivity contribution in [1.29, 1.82) is 0 Å². The molecule has 0 amide bonds. The molecule has 0 saturated carbocycles. The number of hydrogen-bond acceptors (Lipinski definition) is 3. The van der Waals surface area contributed by atoms with Gasteiger partial charge in [-0.05, 0) is 29.8 Å². The van der Waals surface area contributed by atoms with Crippen LogP contribution in [0.25, 0.3) is 10.9 Å². The van der Waals surface area contributed by atoms with Crippen LogP contribution >= 0.6 is 11.6 Å². The minimum atomic E-state index is -0.347. The minimum absolute atomic E-state index is 0.186. The average Bonchev–Trinajstić information content (AvgIpc) is 2.49. The lowest BCUT2D eigenvalue weighted by molar-refractivity contribution is -0.133. The molecule has 0 radical (unpaired) electrons. The van der Waals surface area contributed by atoms with Crippen LogP contribution in [0.15, 0.2) is 60.7 Å². The zero-order valence-corrected chi connectivity index (χ0v) is 11.9. The molecular weight excluding hydrogens is 286 g/mol. The molecule has 1 heterocycles. The molecule has 4 heteroatoms. The maximum absolute atomic E-state index is 11.9. The van der Waals surface area contributed by atoms with Crippen LogP contribution in [0.1, 0.15) is 5.56 Å². The minimum Gasteiger partial charge on any atom is -0.407 e. The number of esters is 1. The first kappa shape index (κ1) is 13.6. The van der Waals surface area contributed by atoms with Crippen molar-refractivity contribution < 1.29 is 9.53 Å². The number of aromatic nitrogens is 1. The molecule has 104 valence electrons. The zero-order chi connectivity index (χ0) is 14.7. The van der Waals surface area contributed by atoms with E-state index in [1.165, 1.54) is 0 Å². The smallest absolute Gasteiger partial charge is 0.316 e. The van der Waals surface area contributed by atoms with Crippen LogP contribution in [0.2, 0.25) is 5.02 Å². The number of pyridine rings is 1. The van der Waals surface area contributed by atoms with Gasteiger partial charge >= 0.3 is 5.97 Å². The molecule has 0 atom stereocenters. The Morgan fingerprint density at radius 3 is 2.57 bits per heavy atom. The monoisotopic (exact) mass is 297 g/mol. The number of carbonyl (C=O) groups is 1. The van der Waals surface area contributed by atoms with Crippen LogP contribution < -0.4 is 4.74 Å². The molecule has 2 aromatic carbocycles. The van der Waals surface area contributed by atoms with Gasteiger partial charge in [-0.25, -0.2) is 4.98 Å². The summed E-state index contributed by atoms with van der Waals surface area (Å²) in [6, 6.07) is 18.4. The first-order chi connectivity index (χ1) is 10.2. The first-order valence-electron chi connectivity index (χ1n) is 6.52. The van der Waals surface area contributed by atoms with Gasteiger partial charge in [0.05, 0.1) is 11.9 Å². The number of ether oxygens (including phenoxy) is 1. The second-order valence-electron chi connectivity index (χ2n) is 4.62. The number of fused-ring (bicyclic) bond motifs is 1. The summed E-state index contributed by atoms with van der Waals surface area (Å²) >= 11 is 5.81. The van der Waals surface area contributed by atoms with Crippen molar-refractivity contribution in [3.05, 3.63) is 71.2 Å². The van der Waals surface area contributed by atoms with Crippen LogP contribution in [-0.2, 0) is 11.2 Å².